The summed E-state index contributed by atoms with van der Waals surface area (Å²) < 4.78 is 6.54. The lowest BCUT2D eigenvalue weighted by atomic mass is 9.76. The van der Waals surface area contributed by atoms with Crippen molar-refractivity contribution in [3.63, 3.8) is 0 Å². The Morgan fingerprint density at radius 3 is 2.88 bits per heavy atom. The van der Waals surface area contributed by atoms with Gasteiger partial charge in [0.1, 0.15) is 5.76 Å². The summed E-state index contributed by atoms with van der Waals surface area (Å²) in [6, 6.07) is 4.44. The number of nitrogens with one attached hydrogen (secondary N) is 1. The molecule has 0 aliphatic heterocycles. The smallest absolute Gasteiger partial charge is 0.169 e. The topological polar surface area (TPSA) is 25.2 Å². The Hall–Kier alpha value is -0.280. The molecule has 0 spiro atoms. The molecule has 1 N–H and O–H groups in total. The van der Waals surface area contributed by atoms with E-state index < -0.39 is 0 Å². The molecule has 1 heterocycles. The molecule has 0 aromatic carbocycles. The van der Waals surface area contributed by atoms with E-state index >= 15 is 0 Å². The van der Waals surface area contributed by atoms with Crippen LogP contribution >= 0.6 is 15.9 Å². The van der Waals surface area contributed by atoms with Gasteiger partial charge in [-0.2, -0.15) is 0 Å². The molecule has 1 aromatic heterocycles. The van der Waals surface area contributed by atoms with Gasteiger partial charge in [0, 0.05) is 0 Å². The van der Waals surface area contributed by atoms with Gasteiger partial charge in [0.25, 0.3) is 0 Å². The van der Waals surface area contributed by atoms with E-state index in [0.717, 1.165) is 22.3 Å². The highest BCUT2D eigenvalue weighted by molar-refractivity contribution is 9.10. The Morgan fingerprint density at radius 2 is 2.29 bits per heavy atom. The maximum atomic E-state index is 5.71. The van der Waals surface area contributed by atoms with E-state index in [2.05, 4.69) is 34.2 Å². The van der Waals surface area contributed by atoms with E-state index in [0.29, 0.717) is 6.04 Å². The van der Waals surface area contributed by atoms with Crippen LogP contribution in [0.4, 0.5) is 0 Å². The molecule has 1 aliphatic rings. The molecule has 0 radical (unpaired) electrons. The number of hydrogen-bond donors (Lipinski definition) is 1. The van der Waals surface area contributed by atoms with Crippen molar-refractivity contribution in [2.24, 2.45) is 11.8 Å². The second kappa shape index (κ2) is 6.05. The fourth-order valence-corrected chi connectivity index (χ4v) is 3.43. The molecule has 2 rings (SSSR count). The van der Waals surface area contributed by atoms with Crippen molar-refractivity contribution in [2.75, 3.05) is 7.05 Å². The zero-order valence-electron chi connectivity index (χ0n) is 10.7. The minimum absolute atomic E-state index is 0.371. The number of halogens is 1. The lowest BCUT2D eigenvalue weighted by Gasteiger charge is -2.33. The van der Waals surface area contributed by atoms with Gasteiger partial charge in [-0.3, -0.25) is 0 Å². The number of furan rings is 1. The normalized spacial score (nSPS) is 27.0. The third-order valence-electron chi connectivity index (χ3n) is 4.08. The molecular weight excluding hydrogens is 278 g/mol. The van der Waals surface area contributed by atoms with Gasteiger partial charge in [0.05, 0.1) is 6.04 Å². The molecule has 1 saturated carbocycles. The molecule has 1 aliphatic carbocycles. The van der Waals surface area contributed by atoms with Crippen LogP contribution in [0.2, 0.25) is 0 Å². The van der Waals surface area contributed by atoms with Crippen molar-refractivity contribution < 1.29 is 4.42 Å². The first-order valence-electron chi connectivity index (χ1n) is 6.67. The Bertz CT molecular complexity index is 350. The fourth-order valence-electron chi connectivity index (χ4n) is 3.11. The Morgan fingerprint density at radius 1 is 1.47 bits per heavy atom. The highest BCUT2D eigenvalue weighted by Crippen LogP contribution is 2.39. The molecule has 3 unspecified atom stereocenters. The van der Waals surface area contributed by atoms with Gasteiger partial charge >= 0.3 is 0 Å². The van der Waals surface area contributed by atoms with E-state index in [4.69, 9.17) is 4.42 Å². The van der Waals surface area contributed by atoms with Crippen LogP contribution in [0.1, 0.15) is 50.8 Å². The predicted octanol–water partition coefficient (Wildman–Crippen LogP) is 4.52. The average Bonchev–Trinajstić information content (AvgIpc) is 2.77. The summed E-state index contributed by atoms with van der Waals surface area (Å²) in [5, 5.41) is 3.43. The standard InChI is InChI=1S/C14H22BrNO/c1-3-10-5-4-6-11(9-10)14(16-2)12-7-8-13(15)17-12/h7-8,10-11,14,16H,3-6,9H2,1-2H3. The Balaban J connectivity index is 2.07. The summed E-state index contributed by atoms with van der Waals surface area (Å²) >= 11 is 3.38. The predicted molar refractivity (Wildman–Crippen MR) is 73.9 cm³/mol. The number of rotatable bonds is 4. The van der Waals surface area contributed by atoms with Gasteiger partial charge in [-0.1, -0.05) is 26.2 Å². The summed E-state index contributed by atoms with van der Waals surface area (Å²) in [5.41, 5.74) is 0. The van der Waals surface area contributed by atoms with Crippen LogP contribution in [-0.4, -0.2) is 7.05 Å². The van der Waals surface area contributed by atoms with Crippen LogP contribution in [-0.2, 0) is 0 Å². The monoisotopic (exact) mass is 299 g/mol. The summed E-state index contributed by atoms with van der Waals surface area (Å²) in [6.45, 7) is 2.31. The Kier molecular flexibility index (Phi) is 4.69. The molecule has 1 aromatic rings. The third-order valence-corrected chi connectivity index (χ3v) is 4.51. The average molecular weight is 300 g/mol. The highest BCUT2D eigenvalue weighted by Gasteiger charge is 2.29. The molecule has 3 heteroatoms. The molecule has 96 valence electrons. The number of hydrogen-bond acceptors (Lipinski definition) is 2. The highest BCUT2D eigenvalue weighted by atomic mass is 79.9. The molecule has 0 bridgehead atoms. The van der Waals surface area contributed by atoms with Crippen LogP contribution in [0.5, 0.6) is 0 Å². The van der Waals surface area contributed by atoms with Gasteiger partial charge in [-0.25, -0.2) is 0 Å². The second-order valence-electron chi connectivity index (χ2n) is 5.11. The van der Waals surface area contributed by atoms with Gasteiger partial charge in [0.15, 0.2) is 4.67 Å². The lowest BCUT2D eigenvalue weighted by molar-refractivity contribution is 0.198. The summed E-state index contributed by atoms with van der Waals surface area (Å²) in [6.07, 6.45) is 6.74. The maximum absolute atomic E-state index is 5.71. The van der Waals surface area contributed by atoms with Gasteiger partial charge < -0.3 is 9.73 Å². The maximum Gasteiger partial charge on any atom is 0.169 e. The quantitative estimate of drug-likeness (QED) is 0.884. The SMILES string of the molecule is CCC1CCCC(C(NC)c2ccc(Br)o2)C1. The van der Waals surface area contributed by atoms with Gasteiger partial charge in [-0.15, -0.1) is 0 Å². The molecule has 3 atom stereocenters. The molecular formula is C14H22BrNO. The van der Waals surface area contributed by atoms with Crippen LogP contribution < -0.4 is 5.32 Å². The van der Waals surface area contributed by atoms with E-state index in [-0.39, 0.29) is 0 Å². The fraction of sp³-hybridized carbons (Fsp3) is 0.714. The first kappa shape index (κ1) is 13.2. The van der Waals surface area contributed by atoms with Crippen LogP contribution in [0.25, 0.3) is 0 Å². The van der Waals surface area contributed by atoms with Crippen molar-refractivity contribution in [3.8, 4) is 0 Å². The lowest BCUT2D eigenvalue weighted by Crippen LogP contribution is -2.29. The summed E-state index contributed by atoms with van der Waals surface area (Å²) in [5.74, 6) is 2.70. The molecule has 0 amide bonds. The molecule has 0 saturated heterocycles. The van der Waals surface area contributed by atoms with Crippen molar-refractivity contribution in [2.45, 2.75) is 45.1 Å². The summed E-state index contributed by atoms with van der Waals surface area (Å²) in [7, 11) is 2.04. The van der Waals surface area contributed by atoms with E-state index in [1.165, 1.54) is 32.1 Å². The minimum Gasteiger partial charge on any atom is -0.453 e. The largest absolute Gasteiger partial charge is 0.453 e. The van der Waals surface area contributed by atoms with Crippen LogP contribution in [0.3, 0.4) is 0 Å². The third kappa shape index (κ3) is 3.14. The zero-order valence-corrected chi connectivity index (χ0v) is 12.3. The molecule has 2 nitrogen and oxygen atoms in total. The second-order valence-corrected chi connectivity index (χ2v) is 5.89. The van der Waals surface area contributed by atoms with Gasteiger partial charge in [-0.05, 0) is 59.8 Å². The molecule has 1 fully saturated rings. The summed E-state index contributed by atoms with van der Waals surface area (Å²) in [4.78, 5) is 0. The van der Waals surface area contributed by atoms with Crippen LogP contribution in [0.15, 0.2) is 21.2 Å². The first-order valence-corrected chi connectivity index (χ1v) is 7.46. The van der Waals surface area contributed by atoms with Crippen molar-refractivity contribution >= 4 is 15.9 Å². The van der Waals surface area contributed by atoms with Crippen molar-refractivity contribution in [1.82, 2.24) is 5.32 Å². The van der Waals surface area contributed by atoms with Crippen LogP contribution in [0, 0.1) is 11.8 Å². The van der Waals surface area contributed by atoms with E-state index in [1.807, 2.05) is 13.1 Å². The van der Waals surface area contributed by atoms with E-state index in [1.54, 1.807) is 0 Å². The Labute approximate surface area is 112 Å². The van der Waals surface area contributed by atoms with Crippen molar-refractivity contribution in [3.05, 3.63) is 22.6 Å². The molecule has 17 heavy (non-hydrogen) atoms. The van der Waals surface area contributed by atoms with E-state index in [9.17, 15) is 0 Å². The zero-order chi connectivity index (χ0) is 12.3. The van der Waals surface area contributed by atoms with Gasteiger partial charge in [0.2, 0.25) is 0 Å². The van der Waals surface area contributed by atoms with Crippen molar-refractivity contribution in [1.29, 1.82) is 0 Å². The minimum atomic E-state index is 0.371. The first-order chi connectivity index (χ1) is 8.24.